The Balaban J connectivity index is 1.46. The molecule has 3 aromatic rings. The Labute approximate surface area is 238 Å². The van der Waals surface area contributed by atoms with Crippen molar-refractivity contribution in [2.24, 2.45) is 0 Å². The van der Waals surface area contributed by atoms with Crippen molar-refractivity contribution in [2.75, 3.05) is 18.5 Å². The summed E-state index contributed by atoms with van der Waals surface area (Å²) in [7, 11) is 0. The zero-order valence-corrected chi connectivity index (χ0v) is 23.3. The number of nitrogens with zero attached hydrogens (tertiary/aromatic N) is 1. The van der Waals surface area contributed by atoms with Gasteiger partial charge in [-0.2, -0.15) is 0 Å². The molecule has 0 aliphatic carbocycles. The summed E-state index contributed by atoms with van der Waals surface area (Å²) in [6.45, 7) is 3.43. The maximum atomic E-state index is 14.2. The van der Waals surface area contributed by atoms with Crippen LogP contribution in [-0.4, -0.2) is 35.2 Å². The Morgan fingerprint density at radius 3 is 2.56 bits per heavy atom. The van der Waals surface area contributed by atoms with E-state index in [0.29, 0.717) is 34.4 Å². The highest BCUT2D eigenvalue weighted by molar-refractivity contribution is 8.18. The van der Waals surface area contributed by atoms with Gasteiger partial charge in [0.1, 0.15) is 5.82 Å². The van der Waals surface area contributed by atoms with Gasteiger partial charge in [0, 0.05) is 21.3 Å². The Morgan fingerprint density at radius 2 is 1.85 bits per heavy atom. The lowest BCUT2D eigenvalue weighted by Gasteiger charge is -2.14. The first-order chi connectivity index (χ1) is 18.7. The average Bonchev–Trinajstić information content (AvgIpc) is 3.15. The molecule has 0 spiro atoms. The number of nitrogens with one attached hydrogen (secondary N) is 1. The van der Waals surface area contributed by atoms with E-state index < -0.39 is 17.0 Å². The first kappa shape index (κ1) is 28.5. The highest BCUT2D eigenvalue weighted by Crippen LogP contribution is 2.36. The minimum absolute atomic E-state index is 0.0670. The van der Waals surface area contributed by atoms with Gasteiger partial charge < -0.3 is 14.8 Å². The van der Waals surface area contributed by atoms with Gasteiger partial charge in [-0.25, -0.2) is 4.39 Å². The molecule has 0 atom stereocenters. The maximum absolute atomic E-state index is 14.2. The van der Waals surface area contributed by atoms with Gasteiger partial charge in [0.25, 0.3) is 17.1 Å². The van der Waals surface area contributed by atoms with Gasteiger partial charge in [-0.15, -0.1) is 0 Å². The van der Waals surface area contributed by atoms with E-state index >= 15 is 0 Å². The number of rotatable bonds is 9. The number of hydrogen-bond donors (Lipinski definition) is 1. The fourth-order valence-corrected chi connectivity index (χ4v) is 4.88. The minimum atomic E-state index is -0.598. The van der Waals surface area contributed by atoms with E-state index in [2.05, 4.69) is 5.32 Å². The van der Waals surface area contributed by atoms with Crippen LogP contribution in [0, 0.1) is 12.7 Å². The Morgan fingerprint density at radius 1 is 1.05 bits per heavy atom. The van der Waals surface area contributed by atoms with Crippen molar-refractivity contribution in [3.63, 3.8) is 0 Å². The van der Waals surface area contributed by atoms with E-state index in [-0.39, 0.29) is 34.6 Å². The van der Waals surface area contributed by atoms with Crippen LogP contribution in [0.25, 0.3) is 6.08 Å². The highest BCUT2D eigenvalue weighted by atomic mass is 35.5. The Bertz CT molecular complexity index is 1460. The predicted molar refractivity (Wildman–Crippen MR) is 151 cm³/mol. The molecular weight excluding hydrogens is 566 g/mol. The molecule has 0 unspecified atom stereocenters. The van der Waals surface area contributed by atoms with Crippen LogP contribution in [0.3, 0.4) is 0 Å². The van der Waals surface area contributed by atoms with Crippen LogP contribution in [0.5, 0.6) is 11.5 Å². The van der Waals surface area contributed by atoms with Gasteiger partial charge in [-0.1, -0.05) is 41.4 Å². The number of carbonyl (C=O) groups excluding carboxylic acids is 3. The molecule has 7 nitrogen and oxygen atoms in total. The second kappa shape index (κ2) is 12.5. The average molecular weight is 589 g/mol. The summed E-state index contributed by atoms with van der Waals surface area (Å²) in [5.41, 5.74) is 2.08. The van der Waals surface area contributed by atoms with Gasteiger partial charge in [0.2, 0.25) is 0 Å². The van der Waals surface area contributed by atoms with Crippen molar-refractivity contribution in [3.8, 4) is 11.5 Å². The Kier molecular flexibility index (Phi) is 9.16. The van der Waals surface area contributed by atoms with Crippen LogP contribution < -0.4 is 14.8 Å². The summed E-state index contributed by atoms with van der Waals surface area (Å²) in [5, 5.41) is 2.86. The monoisotopic (exact) mass is 588 g/mol. The summed E-state index contributed by atoms with van der Waals surface area (Å²) in [4.78, 5) is 38.9. The lowest BCUT2D eigenvalue weighted by molar-refractivity contribution is -0.123. The minimum Gasteiger partial charge on any atom is -0.490 e. The van der Waals surface area contributed by atoms with Crippen LogP contribution in [0.2, 0.25) is 10.0 Å². The molecule has 1 aliphatic heterocycles. The van der Waals surface area contributed by atoms with E-state index in [1.165, 1.54) is 24.3 Å². The number of aryl methyl sites for hydroxylation is 1. The lowest BCUT2D eigenvalue weighted by Crippen LogP contribution is -2.28. The van der Waals surface area contributed by atoms with Crippen LogP contribution in [-0.2, 0) is 16.1 Å². The van der Waals surface area contributed by atoms with Crippen LogP contribution >= 0.6 is 35.0 Å². The number of imide groups is 1. The highest BCUT2D eigenvalue weighted by Gasteiger charge is 2.36. The molecule has 0 saturated carbocycles. The quantitative estimate of drug-likeness (QED) is 0.268. The summed E-state index contributed by atoms with van der Waals surface area (Å²) < 4.78 is 25.5. The molecule has 1 heterocycles. The molecule has 0 radical (unpaired) electrons. The molecule has 0 aromatic heterocycles. The number of amides is 3. The molecule has 202 valence electrons. The first-order valence-electron chi connectivity index (χ1n) is 11.8. The van der Waals surface area contributed by atoms with E-state index in [9.17, 15) is 18.8 Å². The summed E-state index contributed by atoms with van der Waals surface area (Å²) in [6, 6.07) is 14.3. The smallest absolute Gasteiger partial charge is 0.293 e. The normalized spacial score (nSPS) is 14.2. The molecule has 1 saturated heterocycles. The SMILES string of the molecule is CCOc1cc(/C=C2\SC(=O)N(Cc3c(F)cccc3Cl)C2=O)ccc1OCC(=O)Nc1ccc(C)c(Cl)c1. The third-order valence-electron chi connectivity index (χ3n) is 5.63. The maximum Gasteiger partial charge on any atom is 0.293 e. The zero-order valence-electron chi connectivity index (χ0n) is 20.9. The van der Waals surface area contributed by atoms with E-state index in [1.807, 2.05) is 6.92 Å². The molecular formula is C28H23Cl2FN2O5S. The number of benzene rings is 3. The van der Waals surface area contributed by atoms with Crippen molar-refractivity contribution in [2.45, 2.75) is 20.4 Å². The topological polar surface area (TPSA) is 84.9 Å². The summed E-state index contributed by atoms with van der Waals surface area (Å²) in [5.74, 6) is -0.859. The third kappa shape index (κ3) is 6.92. The number of halogens is 3. The predicted octanol–water partition coefficient (Wildman–Crippen LogP) is 7.09. The standard InChI is InChI=1S/C28H23Cl2FN2O5S/c1-3-37-24-11-17(8-10-23(24)38-15-26(34)32-18-9-7-16(2)21(30)13-18)12-25-27(35)33(28(36)39-25)14-19-20(29)5-4-6-22(19)31/h4-13H,3,14-15H2,1-2H3,(H,32,34)/b25-12-. The van der Waals surface area contributed by atoms with Crippen molar-refractivity contribution < 1.29 is 28.2 Å². The van der Waals surface area contributed by atoms with E-state index in [4.69, 9.17) is 32.7 Å². The molecule has 1 fully saturated rings. The Hall–Kier alpha value is -3.53. The van der Waals surface area contributed by atoms with Crippen molar-refractivity contribution in [1.82, 2.24) is 4.90 Å². The van der Waals surface area contributed by atoms with Gasteiger partial charge in [0.15, 0.2) is 18.1 Å². The molecule has 0 bridgehead atoms. The van der Waals surface area contributed by atoms with Crippen LogP contribution in [0.15, 0.2) is 59.5 Å². The van der Waals surface area contributed by atoms with Gasteiger partial charge in [-0.3, -0.25) is 19.3 Å². The fraction of sp³-hybridized carbons (Fsp3) is 0.179. The van der Waals surface area contributed by atoms with E-state index in [1.54, 1.807) is 43.3 Å². The number of ether oxygens (including phenoxy) is 2. The van der Waals surface area contributed by atoms with Crippen LogP contribution in [0.1, 0.15) is 23.6 Å². The summed E-state index contributed by atoms with van der Waals surface area (Å²) >= 11 is 12.9. The summed E-state index contributed by atoms with van der Waals surface area (Å²) in [6.07, 6.45) is 1.54. The molecule has 1 aliphatic rings. The van der Waals surface area contributed by atoms with Crippen molar-refractivity contribution in [1.29, 1.82) is 0 Å². The number of anilines is 1. The molecule has 11 heteroatoms. The molecule has 4 rings (SSSR count). The third-order valence-corrected chi connectivity index (χ3v) is 7.30. The lowest BCUT2D eigenvalue weighted by atomic mass is 10.1. The second-order valence-electron chi connectivity index (χ2n) is 8.41. The largest absolute Gasteiger partial charge is 0.490 e. The van der Waals surface area contributed by atoms with Gasteiger partial charge in [-0.05, 0) is 79.2 Å². The van der Waals surface area contributed by atoms with Gasteiger partial charge in [0.05, 0.1) is 18.1 Å². The number of carbonyl (C=O) groups is 3. The molecule has 1 N–H and O–H groups in total. The number of thioether (sulfide) groups is 1. The van der Waals surface area contributed by atoms with Crippen LogP contribution in [0.4, 0.5) is 14.9 Å². The van der Waals surface area contributed by atoms with E-state index in [0.717, 1.165) is 22.2 Å². The number of hydrogen-bond acceptors (Lipinski definition) is 6. The molecule has 3 amide bonds. The fourth-order valence-electron chi connectivity index (χ4n) is 3.64. The first-order valence-corrected chi connectivity index (χ1v) is 13.4. The second-order valence-corrected chi connectivity index (χ2v) is 10.2. The molecule has 3 aromatic carbocycles. The molecule has 39 heavy (non-hydrogen) atoms. The van der Waals surface area contributed by atoms with Crippen molar-refractivity contribution in [3.05, 3.63) is 92.1 Å². The van der Waals surface area contributed by atoms with Gasteiger partial charge >= 0.3 is 0 Å². The van der Waals surface area contributed by atoms with Crippen molar-refractivity contribution >= 4 is 63.8 Å². The zero-order chi connectivity index (χ0) is 28.1.